The second kappa shape index (κ2) is 7.89. The third-order valence-corrected chi connectivity index (χ3v) is 5.55. The number of rotatable bonds is 6. The van der Waals surface area contributed by atoms with E-state index >= 15 is 0 Å². The molecule has 140 valence electrons. The summed E-state index contributed by atoms with van der Waals surface area (Å²) in [6.07, 6.45) is 0. The average Bonchev–Trinajstić information content (AvgIpc) is 3.13. The van der Waals surface area contributed by atoms with E-state index in [4.69, 9.17) is 4.74 Å². The van der Waals surface area contributed by atoms with Crippen LogP contribution in [-0.2, 0) is 0 Å². The van der Waals surface area contributed by atoms with E-state index in [1.54, 1.807) is 23.7 Å². The molecule has 1 aromatic heterocycles. The first kappa shape index (κ1) is 17.7. The molecular formula is C19H20N4O3S. The minimum Gasteiger partial charge on any atom is -0.492 e. The van der Waals surface area contributed by atoms with Crippen LogP contribution >= 0.6 is 11.5 Å². The van der Waals surface area contributed by atoms with Crippen molar-refractivity contribution < 1.29 is 9.66 Å². The Morgan fingerprint density at radius 1 is 1.11 bits per heavy atom. The van der Waals surface area contributed by atoms with Crippen LogP contribution in [0.4, 0.5) is 11.5 Å². The topological polar surface area (TPSA) is 71.7 Å². The van der Waals surface area contributed by atoms with Gasteiger partial charge in [-0.25, -0.2) is 0 Å². The van der Waals surface area contributed by atoms with E-state index in [2.05, 4.69) is 32.4 Å². The highest BCUT2D eigenvalue weighted by Gasteiger charge is 2.20. The number of ether oxygens (including phenoxy) is 1. The van der Waals surface area contributed by atoms with Gasteiger partial charge >= 0.3 is 0 Å². The van der Waals surface area contributed by atoms with Crippen LogP contribution in [-0.4, -0.2) is 53.5 Å². The molecule has 0 bridgehead atoms. The normalized spacial score (nSPS) is 15.2. The molecule has 0 radical (unpaired) electrons. The van der Waals surface area contributed by atoms with Crippen LogP contribution in [0, 0.1) is 10.1 Å². The Balaban J connectivity index is 1.27. The molecule has 0 unspecified atom stereocenters. The van der Waals surface area contributed by atoms with E-state index in [9.17, 15) is 10.1 Å². The first-order chi connectivity index (χ1) is 13.2. The summed E-state index contributed by atoms with van der Waals surface area (Å²) in [6.45, 7) is 5.08. The van der Waals surface area contributed by atoms with Crippen molar-refractivity contribution in [2.24, 2.45) is 0 Å². The molecule has 0 spiro atoms. The highest BCUT2D eigenvalue weighted by molar-refractivity contribution is 7.13. The zero-order chi connectivity index (χ0) is 18.6. The number of hydrogen-bond donors (Lipinski definition) is 0. The summed E-state index contributed by atoms with van der Waals surface area (Å²) < 4.78 is 11.5. The molecule has 3 aromatic rings. The van der Waals surface area contributed by atoms with E-state index in [1.807, 2.05) is 6.07 Å². The molecule has 0 saturated carbocycles. The Bertz CT molecular complexity index is 937. The minimum atomic E-state index is -0.408. The maximum atomic E-state index is 10.8. The molecule has 1 aliphatic rings. The van der Waals surface area contributed by atoms with Gasteiger partial charge in [-0.2, -0.15) is 4.37 Å². The van der Waals surface area contributed by atoms with Crippen LogP contribution in [0.3, 0.4) is 0 Å². The van der Waals surface area contributed by atoms with Gasteiger partial charge < -0.3 is 9.64 Å². The zero-order valence-corrected chi connectivity index (χ0v) is 15.6. The first-order valence-electron chi connectivity index (χ1n) is 8.90. The minimum absolute atomic E-state index is 0.0524. The van der Waals surface area contributed by atoms with Crippen LogP contribution in [0.15, 0.2) is 48.5 Å². The molecule has 27 heavy (non-hydrogen) atoms. The van der Waals surface area contributed by atoms with Gasteiger partial charge in [0.05, 0.1) is 15.7 Å². The molecule has 7 nitrogen and oxygen atoms in total. The van der Waals surface area contributed by atoms with Gasteiger partial charge in [-0.3, -0.25) is 15.0 Å². The third kappa shape index (κ3) is 4.01. The van der Waals surface area contributed by atoms with E-state index in [0.717, 1.165) is 38.5 Å². The van der Waals surface area contributed by atoms with E-state index in [-0.39, 0.29) is 5.69 Å². The fourth-order valence-electron chi connectivity index (χ4n) is 3.26. The second-order valence-electron chi connectivity index (χ2n) is 6.43. The van der Waals surface area contributed by atoms with Gasteiger partial charge in [-0.1, -0.05) is 18.2 Å². The van der Waals surface area contributed by atoms with E-state index < -0.39 is 4.92 Å². The summed E-state index contributed by atoms with van der Waals surface area (Å²) in [6, 6.07) is 14.7. The molecule has 1 saturated heterocycles. The van der Waals surface area contributed by atoms with Gasteiger partial charge in [0.25, 0.3) is 5.69 Å². The van der Waals surface area contributed by atoms with Crippen LogP contribution in [0.25, 0.3) is 10.1 Å². The average molecular weight is 384 g/mol. The van der Waals surface area contributed by atoms with Crippen LogP contribution in [0.1, 0.15) is 0 Å². The molecule has 8 heteroatoms. The zero-order valence-electron chi connectivity index (χ0n) is 14.8. The van der Waals surface area contributed by atoms with Gasteiger partial charge in [0.15, 0.2) is 0 Å². The molecule has 4 rings (SSSR count). The van der Waals surface area contributed by atoms with Crippen molar-refractivity contribution in [3.05, 3.63) is 58.6 Å². The number of piperazine rings is 1. The Morgan fingerprint density at radius 2 is 1.93 bits per heavy atom. The lowest BCUT2D eigenvalue weighted by atomic mass is 10.2. The SMILES string of the molecule is O=[N+]([O-])c1cccc(OCCN2CCN(c3nsc4ccccc34)CC2)c1. The largest absolute Gasteiger partial charge is 0.492 e. The molecule has 2 heterocycles. The summed E-state index contributed by atoms with van der Waals surface area (Å²) >= 11 is 1.55. The molecule has 0 amide bonds. The number of nitro groups is 1. The Hall–Kier alpha value is -2.71. The van der Waals surface area contributed by atoms with Crippen molar-refractivity contribution >= 4 is 33.1 Å². The van der Waals surface area contributed by atoms with Crippen LogP contribution < -0.4 is 9.64 Å². The highest BCUT2D eigenvalue weighted by Crippen LogP contribution is 2.29. The maximum Gasteiger partial charge on any atom is 0.273 e. The monoisotopic (exact) mass is 384 g/mol. The number of fused-ring (bicyclic) bond motifs is 1. The molecule has 0 atom stereocenters. The Labute approximate surface area is 161 Å². The second-order valence-corrected chi connectivity index (χ2v) is 7.24. The third-order valence-electron chi connectivity index (χ3n) is 4.73. The van der Waals surface area contributed by atoms with Crippen molar-refractivity contribution in [2.75, 3.05) is 44.2 Å². The van der Waals surface area contributed by atoms with E-state index in [0.29, 0.717) is 12.4 Å². The predicted molar refractivity (Wildman–Crippen MR) is 107 cm³/mol. The van der Waals surface area contributed by atoms with Crippen LogP contribution in [0.2, 0.25) is 0 Å². The smallest absolute Gasteiger partial charge is 0.273 e. The number of hydrogen-bond acceptors (Lipinski definition) is 7. The van der Waals surface area contributed by atoms with Gasteiger partial charge in [-0.15, -0.1) is 0 Å². The molecule has 0 N–H and O–H groups in total. The lowest BCUT2D eigenvalue weighted by molar-refractivity contribution is -0.384. The Kier molecular flexibility index (Phi) is 5.17. The van der Waals surface area contributed by atoms with Crippen molar-refractivity contribution in [3.8, 4) is 5.75 Å². The number of non-ortho nitro benzene ring substituents is 1. The van der Waals surface area contributed by atoms with Gasteiger partial charge in [0.2, 0.25) is 0 Å². The summed E-state index contributed by atoms with van der Waals surface area (Å²) in [4.78, 5) is 15.1. The number of benzene rings is 2. The molecule has 1 fully saturated rings. The van der Waals surface area contributed by atoms with Crippen molar-refractivity contribution in [3.63, 3.8) is 0 Å². The predicted octanol–water partition coefficient (Wildman–Crippen LogP) is 3.41. The van der Waals surface area contributed by atoms with Gasteiger partial charge in [0, 0.05) is 44.2 Å². The quantitative estimate of drug-likeness (QED) is 0.479. The molecule has 2 aromatic carbocycles. The van der Waals surface area contributed by atoms with E-state index in [1.165, 1.54) is 22.2 Å². The lowest BCUT2D eigenvalue weighted by Crippen LogP contribution is -2.47. The van der Waals surface area contributed by atoms with Crippen molar-refractivity contribution in [1.82, 2.24) is 9.27 Å². The van der Waals surface area contributed by atoms with Gasteiger partial charge in [-0.05, 0) is 29.7 Å². The molecule has 0 aliphatic carbocycles. The van der Waals surface area contributed by atoms with Gasteiger partial charge in [0.1, 0.15) is 18.2 Å². The number of aromatic nitrogens is 1. The Morgan fingerprint density at radius 3 is 2.74 bits per heavy atom. The number of anilines is 1. The molecular weight excluding hydrogens is 364 g/mol. The summed E-state index contributed by atoms with van der Waals surface area (Å²) in [5.74, 6) is 1.62. The number of nitrogens with zero attached hydrogens (tertiary/aromatic N) is 4. The van der Waals surface area contributed by atoms with Crippen molar-refractivity contribution in [1.29, 1.82) is 0 Å². The fraction of sp³-hybridized carbons (Fsp3) is 0.316. The lowest BCUT2D eigenvalue weighted by Gasteiger charge is -2.34. The molecule has 1 aliphatic heterocycles. The standard InChI is InChI=1S/C19H20N4O3S/c24-23(25)15-4-3-5-16(14-15)26-13-12-21-8-10-22(11-9-21)19-17-6-1-2-7-18(17)27-20-19/h1-7,14H,8-13H2. The highest BCUT2D eigenvalue weighted by atomic mass is 32.1. The van der Waals surface area contributed by atoms with Crippen LogP contribution in [0.5, 0.6) is 5.75 Å². The summed E-state index contributed by atoms with van der Waals surface area (Å²) in [5, 5.41) is 12.0. The summed E-state index contributed by atoms with van der Waals surface area (Å²) in [5.41, 5.74) is 0.0524. The fourth-order valence-corrected chi connectivity index (χ4v) is 4.06. The number of nitro benzene ring substituents is 1. The first-order valence-corrected chi connectivity index (χ1v) is 9.67. The maximum absolute atomic E-state index is 10.8. The summed E-state index contributed by atoms with van der Waals surface area (Å²) in [7, 11) is 0. The van der Waals surface area contributed by atoms with Crippen molar-refractivity contribution in [2.45, 2.75) is 0 Å².